The van der Waals surface area contributed by atoms with Crippen LogP contribution in [0.2, 0.25) is 0 Å². The van der Waals surface area contributed by atoms with Crippen LogP contribution in [0.25, 0.3) is 0 Å². The molecule has 1 rings (SSSR count). The molecule has 106 valence electrons. The van der Waals surface area contributed by atoms with Crippen LogP contribution in [0.5, 0.6) is 0 Å². The van der Waals surface area contributed by atoms with E-state index in [4.69, 9.17) is 0 Å². The Bertz CT molecular complexity index is 396. The molecule has 0 aliphatic heterocycles. The van der Waals surface area contributed by atoms with E-state index in [1.807, 2.05) is 12.1 Å². The van der Waals surface area contributed by atoms with Gasteiger partial charge in [0.2, 0.25) is 0 Å². The van der Waals surface area contributed by atoms with Crippen molar-refractivity contribution in [2.45, 2.75) is 32.7 Å². The Morgan fingerprint density at radius 3 is 2.26 bits per heavy atom. The highest BCUT2D eigenvalue weighted by molar-refractivity contribution is 5.32. The quantitative estimate of drug-likeness (QED) is 0.450. The second kappa shape index (κ2) is 7.21. The first-order valence-corrected chi connectivity index (χ1v) is 6.57. The van der Waals surface area contributed by atoms with Gasteiger partial charge >= 0.3 is 0 Å². The summed E-state index contributed by atoms with van der Waals surface area (Å²) in [5.74, 6) is 0. The molecule has 0 aliphatic rings. The van der Waals surface area contributed by atoms with Crippen molar-refractivity contribution in [1.29, 1.82) is 0 Å². The Kier molecular flexibility index (Phi) is 5.92. The summed E-state index contributed by atoms with van der Waals surface area (Å²) in [6.07, 6.45) is 0.882. The molecule has 1 aromatic rings. The van der Waals surface area contributed by atoms with Crippen LogP contribution in [0, 0.1) is 10.1 Å². The molecule has 0 saturated carbocycles. The van der Waals surface area contributed by atoms with Crippen LogP contribution in [0.15, 0.2) is 24.3 Å². The average molecular weight is 265 g/mol. The molecule has 1 aromatic carbocycles. The van der Waals surface area contributed by atoms with Crippen LogP contribution in [0.1, 0.15) is 26.3 Å². The first-order valence-electron chi connectivity index (χ1n) is 6.57. The Morgan fingerprint density at radius 1 is 1.11 bits per heavy atom. The summed E-state index contributed by atoms with van der Waals surface area (Å²) in [4.78, 5) is 10.1. The summed E-state index contributed by atoms with van der Waals surface area (Å²) in [6.45, 7) is 9.16. The van der Waals surface area contributed by atoms with Gasteiger partial charge < -0.3 is 10.6 Å². The van der Waals surface area contributed by atoms with Gasteiger partial charge in [-0.2, -0.15) is 0 Å². The average Bonchev–Trinajstić information content (AvgIpc) is 2.33. The topological polar surface area (TPSA) is 67.2 Å². The zero-order valence-electron chi connectivity index (χ0n) is 11.9. The van der Waals surface area contributed by atoms with Crippen LogP contribution in [-0.4, -0.2) is 30.1 Å². The first kappa shape index (κ1) is 15.6. The molecular weight excluding hydrogens is 242 g/mol. The number of hydrogen-bond donors (Lipinski definition) is 2. The van der Waals surface area contributed by atoms with E-state index in [1.165, 1.54) is 0 Å². The maximum atomic E-state index is 10.5. The highest BCUT2D eigenvalue weighted by Crippen LogP contribution is 2.11. The van der Waals surface area contributed by atoms with Crippen LogP contribution in [0.3, 0.4) is 0 Å². The SMILES string of the molecule is CC(C)(C)NCCNCCc1ccc([N+](=O)[O-])cc1. The Morgan fingerprint density at radius 2 is 1.74 bits per heavy atom. The normalized spacial score (nSPS) is 11.5. The molecule has 0 aromatic heterocycles. The minimum atomic E-state index is -0.375. The molecule has 0 unspecified atom stereocenters. The maximum absolute atomic E-state index is 10.5. The van der Waals surface area contributed by atoms with Crippen molar-refractivity contribution in [3.63, 3.8) is 0 Å². The lowest BCUT2D eigenvalue weighted by molar-refractivity contribution is -0.384. The van der Waals surface area contributed by atoms with Gasteiger partial charge in [0.05, 0.1) is 4.92 Å². The first-order chi connectivity index (χ1) is 8.88. The second-order valence-electron chi connectivity index (χ2n) is 5.60. The number of rotatable bonds is 7. The second-order valence-corrected chi connectivity index (χ2v) is 5.60. The van der Waals surface area contributed by atoms with Gasteiger partial charge in [0.15, 0.2) is 0 Å². The number of benzene rings is 1. The predicted molar refractivity (Wildman–Crippen MR) is 77.4 cm³/mol. The van der Waals surface area contributed by atoms with Gasteiger partial charge in [-0.25, -0.2) is 0 Å². The van der Waals surface area contributed by atoms with Gasteiger partial charge in [0.25, 0.3) is 5.69 Å². The predicted octanol–water partition coefficient (Wildman–Crippen LogP) is 2.11. The molecular formula is C14H23N3O2. The number of nitro benzene ring substituents is 1. The summed E-state index contributed by atoms with van der Waals surface area (Å²) in [5, 5.41) is 17.3. The van der Waals surface area contributed by atoms with Gasteiger partial charge in [0.1, 0.15) is 0 Å². The van der Waals surface area contributed by atoms with E-state index in [9.17, 15) is 10.1 Å². The molecule has 0 amide bonds. The lowest BCUT2D eigenvalue weighted by Crippen LogP contribution is -2.40. The van der Waals surface area contributed by atoms with E-state index in [-0.39, 0.29) is 16.1 Å². The van der Waals surface area contributed by atoms with E-state index in [0.29, 0.717) is 0 Å². The molecule has 0 heterocycles. The van der Waals surface area contributed by atoms with E-state index >= 15 is 0 Å². The van der Waals surface area contributed by atoms with Crippen molar-refractivity contribution in [1.82, 2.24) is 10.6 Å². The number of nitro groups is 1. The number of nitrogens with zero attached hydrogens (tertiary/aromatic N) is 1. The van der Waals surface area contributed by atoms with E-state index in [1.54, 1.807) is 12.1 Å². The zero-order valence-corrected chi connectivity index (χ0v) is 11.9. The molecule has 0 fully saturated rings. The van der Waals surface area contributed by atoms with Gasteiger partial charge in [0, 0.05) is 30.8 Å². The molecule has 5 nitrogen and oxygen atoms in total. The molecule has 0 aliphatic carbocycles. The molecule has 0 saturated heterocycles. The Balaban J connectivity index is 2.17. The third-order valence-electron chi connectivity index (χ3n) is 2.69. The largest absolute Gasteiger partial charge is 0.315 e. The molecule has 5 heteroatoms. The van der Waals surface area contributed by atoms with Crippen LogP contribution in [0.4, 0.5) is 5.69 Å². The van der Waals surface area contributed by atoms with Crippen LogP contribution >= 0.6 is 0 Å². The summed E-state index contributed by atoms with van der Waals surface area (Å²) < 4.78 is 0. The summed E-state index contributed by atoms with van der Waals surface area (Å²) >= 11 is 0. The highest BCUT2D eigenvalue weighted by Gasteiger charge is 2.07. The fraction of sp³-hybridized carbons (Fsp3) is 0.571. The lowest BCUT2D eigenvalue weighted by Gasteiger charge is -2.20. The van der Waals surface area contributed by atoms with Crippen molar-refractivity contribution in [3.05, 3.63) is 39.9 Å². The Labute approximate surface area is 114 Å². The zero-order chi connectivity index (χ0) is 14.3. The summed E-state index contributed by atoms with van der Waals surface area (Å²) in [7, 11) is 0. The molecule has 0 radical (unpaired) electrons. The van der Waals surface area contributed by atoms with Crippen molar-refractivity contribution in [2.24, 2.45) is 0 Å². The molecule has 0 atom stereocenters. The van der Waals surface area contributed by atoms with Crippen molar-refractivity contribution >= 4 is 5.69 Å². The number of non-ortho nitro benzene ring substituents is 1. The van der Waals surface area contributed by atoms with E-state index in [0.717, 1.165) is 31.6 Å². The number of nitrogens with one attached hydrogen (secondary N) is 2. The maximum Gasteiger partial charge on any atom is 0.269 e. The highest BCUT2D eigenvalue weighted by atomic mass is 16.6. The molecule has 2 N–H and O–H groups in total. The van der Waals surface area contributed by atoms with Crippen LogP contribution < -0.4 is 10.6 Å². The van der Waals surface area contributed by atoms with Crippen molar-refractivity contribution < 1.29 is 4.92 Å². The molecule has 0 spiro atoms. The van der Waals surface area contributed by atoms with Gasteiger partial charge in [-0.3, -0.25) is 10.1 Å². The van der Waals surface area contributed by atoms with Crippen LogP contribution in [-0.2, 0) is 6.42 Å². The minimum Gasteiger partial charge on any atom is -0.315 e. The Hall–Kier alpha value is -1.46. The molecule has 19 heavy (non-hydrogen) atoms. The molecule has 0 bridgehead atoms. The monoisotopic (exact) mass is 265 g/mol. The lowest BCUT2D eigenvalue weighted by atomic mass is 10.1. The minimum absolute atomic E-state index is 0.145. The number of hydrogen-bond acceptors (Lipinski definition) is 4. The summed E-state index contributed by atoms with van der Waals surface area (Å²) in [6, 6.07) is 6.73. The van der Waals surface area contributed by atoms with Crippen molar-refractivity contribution in [2.75, 3.05) is 19.6 Å². The van der Waals surface area contributed by atoms with Gasteiger partial charge in [-0.05, 0) is 39.3 Å². The smallest absolute Gasteiger partial charge is 0.269 e. The summed E-state index contributed by atoms with van der Waals surface area (Å²) in [5.41, 5.74) is 1.41. The van der Waals surface area contributed by atoms with Gasteiger partial charge in [-0.1, -0.05) is 12.1 Å². The fourth-order valence-corrected chi connectivity index (χ4v) is 1.67. The van der Waals surface area contributed by atoms with E-state index in [2.05, 4.69) is 31.4 Å². The fourth-order valence-electron chi connectivity index (χ4n) is 1.67. The standard InChI is InChI=1S/C14H23N3O2/c1-14(2,3)16-11-10-15-9-8-12-4-6-13(7-5-12)17(18)19/h4-7,15-16H,8-11H2,1-3H3. The third-order valence-corrected chi connectivity index (χ3v) is 2.69. The third kappa shape index (κ3) is 6.88. The van der Waals surface area contributed by atoms with Gasteiger partial charge in [-0.15, -0.1) is 0 Å². The van der Waals surface area contributed by atoms with Crippen molar-refractivity contribution in [3.8, 4) is 0 Å². The van der Waals surface area contributed by atoms with E-state index < -0.39 is 0 Å².